The lowest BCUT2D eigenvalue weighted by Crippen LogP contribution is -2.50. The number of hydrogen-bond donors (Lipinski definition) is 2. The highest BCUT2D eigenvalue weighted by Crippen LogP contribution is 2.15. The van der Waals surface area contributed by atoms with E-state index in [0.717, 1.165) is 13.1 Å². The number of likely N-dealkylation sites (tertiary alicyclic amines) is 1. The normalized spacial score (nSPS) is 22.9. The van der Waals surface area contributed by atoms with E-state index in [0.29, 0.717) is 12.6 Å². The van der Waals surface area contributed by atoms with Gasteiger partial charge in [-0.15, -0.1) is 0 Å². The fourth-order valence-electron chi connectivity index (χ4n) is 2.11. The zero-order valence-electron chi connectivity index (χ0n) is 9.32. The van der Waals surface area contributed by atoms with Gasteiger partial charge in [0.15, 0.2) is 0 Å². The lowest BCUT2D eigenvalue weighted by atomic mass is 10.0. The Bertz CT molecular complexity index is 151. The molecule has 1 atom stereocenters. The van der Waals surface area contributed by atoms with Crippen LogP contribution in [0, 0.1) is 0 Å². The van der Waals surface area contributed by atoms with Crippen LogP contribution in [0.15, 0.2) is 0 Å². The minimum atomic E-state index is 0.165. The van der Waals surface area contributed by atoms with Crippen LogP contribution in [0.1, 0.15) is 12.8 Å². The molecule has 1 heterocycles. The number of nitrogens with two attached hydrogens (primary N) is 1. The van der Waals surface area contributed by atoms with Gasteiger partial charge in [0.1, 0.15) is 0 Å². The Hall–Kier alpha value is -0.160. The highest BCUT2D eigenvalue weighted by atomic mass is 16.3. The molecule has 0 aliphatic carbocycles. The Morgan fingerprint density at radius 1 is 1.43 bits per heavy atom. The average Bonchev–Trinajstić information content (AvgIpc) is 2.20. The molecular weight excluding hydrogens is 178 g/mol. The molecule has 0 bridgehead atoms. The number of aliphatic hydroxyl groups excluding tert-OH is 1. The molecule has 1 aliphatic heterocycles. The third kappa shape index (κ3) is 2.92. The van der Waals surface area contributed by atoms with E-state index in [1.165, 1.54) is 12.8 Å². The van der Waals surface area contributed by atoms with Gasteiger partial charge in [-0.2, -0.15) is 0 Å². The van der Waals surface area contributed by atoms with Crippen LogP contribution >= 0.6 is 0 Å². The number of aliphatic hydroxyl groups is 1. The summed E-state index contributed by atoms with van der Waals surface area (Å²) in [6.45, 7) is 2.86. The molecule has 3 N–H and O–H groups in total. The van der Waals surface area contributed by atoms with Crippen molar-refractivity contribution in [3.05, 3.63) is 0 Å². The van der Waals surface area contributed by atoms with E-state index >= 15 is 0 Å². The number of rotatable bonds is 4. The Labute approximate surface area is 86.7 Å². The monoisotopic (exact) mass is 201 g/mol. The van der Waals surface area contributed by atoms with Crippen molar-refractivity contribution in [1.29, 1.82) is 0 Å². The maximum atomic E-state index is 9.12. The van der Waals surface area contributed by atoms with Crippen LogP contribution in [-0.4, -0.2) is 67.3 Å². The van der Waals surface area contributed by atoms with Gasteiger partial charge in [-0.1, -0.05) is 0 Å². The average molecular weight is 201 g/mol. The molecule has 1 aliphatic rings. The summed E-state index contributed by atoms with van der Waals surface area (Å²) >= 11 is 0. The van der Waals surface area contributed by atoms with E-state index in [1.54, 1.807) is 0 Å². The van der Waals surface area contributed by atoms with E-state index in [2.05, 4.69) is 23.9 Å². The molecule has 0 aromatic carbocycles. The second-order valence-corrected chi connectivity index (χ2v) is 4.30. The molecule has 0 spiro atoms. The van der Waals surface area contributed by atoms with Crippen LogP contribution in [0.4, 0.5) is 0 Å². The van der Waals surface area contributed by atoms with Gasteiger partial charge < -0.3 is 15.7 Å². The van der Waals surface area contributed by atoms with Gasteiger partial charge in [-0.05, 0) is 26.9 Å². The SMILES string of the molecule is CN(C)C1CCN(C(CN)CO)CC1. The van der Waals surface area contributed by atoms with Crippen LogP contribution in [0.3, 0.4) is 0 Å². The van der Waals surface area contributed by atoms with Crippen molar-refractivity contribution in [1.82, 2.24) is 9.80 Å². The van der Waals surface area contributed by atoms with Crippen LogP contribution < -0.4 is 5.73 Å². The van der Waals surface area contributed by atoms with Gasteiger partial charge in [0.05, 0.1) is 6.61 Å². The fourth-order valence-corrected chi connectivity index (χ4v) is 2.11. The molecule has 14 heavy (non-hydrogen) atoms. The van der Waals surface area contributed by atoms with Gasteiger partial charge >= 0.3 is 0 Å². The molecule has 1 saturated heterocycles. The third-order valence-electron chi connectivity index (χ3n) is 3.23. The summed E-state index contributed by atoms with van der Waals surface area (Å²) in [5.74, 6) is 0. The van der Waals surface area contributed by atoms with E-state index in [-0.39, 0.29) is 12.6 Å². The van der Waals surface area contributed by atoms with Gasteiger partial charge in [0.2, 0.25) is 0 Å². The molecule has 4 nitrogen and oxygen atoms in total. The largest absolute Gasteiger partial charge is 0.395 e. The summed E-state index contributed by atoms with van der Waals surface area (Å²) in [7, 11) is 4.26. The van der Waals surface area contributed by atoms with E-state index < -0.39 is 0 Å². The first-order valence-electron chi connectivity index (χ1n) is 5.40. The standard InChI is InChI=1S/C10H23N3O/c1-12(2)9-3-5-13(6-4-9)10(7-11)8-14/h9-10,14H,3-8,11H2,1-2H3. The first-order valence-corrected chi connectivity index (χ1v) is 5.40. The van der Waals surface area contributed by atoms with Crippen molar-refractivity contribution in [3.8, 4) is 0 Å². The third-order valence-corrected chi connectivity index (χ3v) is 3.23. The molecule has 1 fully saturated rings. The zero-order valence-corrected chi connectivity index (χ0v) is 9.32. The minimum absolute atomic E-state index is 0.165. The van der Waals surface area contributed by atoms with Gasteiger partial charge in [0.25, 0.3) is 0 Å². The predicted molar refractivity (Wildman–Crippen MR) is 58.2 cm³/mol. The molecule has 0 amide bonds. The molecule has 0 aromatic rings. The second kappa shape index (κ2) is 5.66. The molecular formula is C10H23N3O. The summed E-state index contributed by atoms with van der Waals surface area (Å²) < 4.78 is 0. The van der Waals surface area contributed by atoms with E-state index in [9.17, 15) is 0 Å². The number of hydrogen-bond acceptors (Lipinski definition) is 4. The van der Waals surface area contributed by atoms with Gasteiger partial charge in [0, 0.05) is 31.7 Å². The van der Waals surface area contributed by atoms with Gasteiger partial charge in [-0.3, -0.25) is 4.90 Å². The van der Waals surface area contributed by atoms with Crippen LogP contribution in [0.25, 0.3) is 0 Å². The van der Waals surface area contributed by atoms with E-state index in [4.69, 9.17) is 10.8 Å². The lowest BCUT2D eigenvalue weighted by molar-refractivity contribution is 0.0782. The van der Waals surface area contributed by atoms with Crippen molar-refractivity contribution in [2.75, 3.05) is 40.3 Å². The molecule has 1 rings (SSSR count). The van der Waals surface area contributed by atoms with Crippen LogP contribution in [0.2, 0.25) is 0 Å². The Morgan fingerprint density at radius 3 is 2.36 bits per heavy atom. The van der Waals surface area contributed by atoms with Gasteiger partial charge in [-0.25, -0.2) is 0 Å². The topological polar surface area (TPSA) is 52.7 Å². The maximum Gasteiger partial charge on any atom is 0.0599 e. The van der Waals surface area contributed by atoms with Crippen molar-refractivity contribution in [2.24, 2.45) is 5.73 Å². The second-order valence-electron chi connectivity index (χ2n) is 4.30. The minimum Gasteiger partial charge on any atom is -0.395 e. The summed E-state index contributed by atoms with van der Waals surface area (Å²) in [4.78, 5) is 4.59. The van der Waals surface area contributed by atoms with Crippen molar-refractivity contribution in [2.45, 2.75) is 24.9 Å². The molecule has 84 valence electrons. The number of piperidine rings is 1. The Balaban J connectivity index is 2.34. The fraction of sp³-hybridized carbons (Fsp3) is 1.00. The van der Waals surface area contributed by atoms with Crippen molar-refractivity contribution in [3.63, 3.8) is 0 Å². The molecule has 0 radical (unpaired) electrons. The molecule has 0 aromatic heterocycles. The summed E-state index contributed by atoms with van der Waals surface area (Å²) in [5, 5.41) is 9.12. The first kappa shape index (κ1) is 11.9. The Morgan fingerprint density at radius 2 is 2.00 bits per heavy atom. The lowest BCUT2D eigenvalue weighted by Gasteiger charge is -2.38. The molecule has 1 unspecified atom stereocenters. The van der Waals surface area contributed by atoms with Crippen molar-refractivity contribution >= 4 is 0 Å². The summed E-state index contributed by atoms with van der Waals surface area (Å²) in [6.07, 6.45) is 2.37. The zero-order chi connectivity index (χ0) is 10.6. The molecule has 4 heteroatoms. The first-order chi connectivity index (χ1) is 6.69. The highest BCUT2D eigenvalue weighted by molar-refractivity contribution is 4.81. The molecule has 0 saturated carbocycles. The summed E-state index contributed by atoms with van der Waals surface area (Å²) in [5.41, 5.74) is 5.60. The predicted octanol–water partition coefficient (Wildman–Crippen LogP) is -0.668. The van der Waals surface area contributed by atoms with Crippen molar-refractivity contribution < 1.29 is 5.11 Å². The quantitative estimate of drug-likeness (QED) is 0.633. The van der Waals surface area contributed by atoms with Crippen LogP contribution in [0.5, 0.6) is 0 Å². The maximum absolute atomic E-state index is 9.12. The summed E-state index contributed by atoms with van der Waals surface area (Å²) in [6, 6.07) is 0.862. The smallest absolute Gasteiger partial charge is 0.0599 e. The number of nitrogens with zero attached hydrogens (tertiary/aromatic N) is 2. The van der Waals surface area contributed by atoms with Crippen LogP contribution in [-0.2, 0) is 0 Å². The Kier molecular flexibility index (Phi) is 4.81. The van der Waals surface area contributed by atoms with E-state index in [1.807, 2.05) is 0 Å². The highest BCUT2D eigenvalue weighted by Gasteiger charge is 2.24.